The van der Waals surface area contributed by atoms with Crippen LogP contribution in [0, 0.1) is 0 Å². The van der Waals surface area contributed by atoms with Crippen molar-refractivity contribution in [3.8, 4) is 0 Å². The Morgan fingerprint density at radius 3 is 2.50 bits per heavy atom. The first-order chi connectivity index (χ1) is 4.72. The van der Waals surface area contributed by atoms with E-state index in [1.807, 2.05) is 6.92 Å². The van der Waals surface area contributed by atoms with Crippen LogP contribution in [-0.2, 0) is 0 Å². The van der Waals surface area contributed by atoms with E-state index in [0.29, 0.717) is 5.70 Å². The van der Waals surface area contributed by atoms with Crippen LogP contribution in [0.15, 0.2) is 42.2 Å². The fourth-order valence-corrected chi connectivity index (χ4v) is 0.459. The summed E-state index contributed by atoms with van der Waals surface area (Å²) in [5.41, 5.74) is 6.90. The van der Waals surface area contributed by atoms with Crippen molar-refractivity contribution in [2.45, 2.75) is 6.92 Å². The van der Waals surface area contributed by atoms with Crippen molar-refractivity contribution in [3.05, 3.63) is 37.2 Å². The van der Waals surface area contributed by atoms with Crippen molar-refractivity contribution < 1.29 is 0 Å². The number of rotatable bonds is 3. The molecule has 0 atom stereocenters. The van der Waals surface area contributed by atoms with Crippen LogP contribution in [0.4, 0.5) is 0 Å². The summed E-state index contributed by atoms with van der Waals surface area (Å²) in [5.74, 6) is 0. The molecule has 0 fully saturated rings. The Kier molecular flexibility index (Phi) is 3.96. The van der Waals surface area contributed by atoms with E-state index >= 15 is 0 Å². The molecule has 2 N–H and O–H groups in total. The van der Waals surface area contributed by atoms with E-state index in [1.165, 1.54) is 6.20 Å². The van der Waals surface area contributed by atoms with Crippen molar-refractivity contribution >= 4 is 5.71 Å². The molecule has 0 unspecified atom stereocenters. The lowest BCUT2D eigenvalue weighted by Crippen LogP contribution is -2.06. The van der Waals surface area contributed by atoms with E-state index in [1.54, 1.807) is 12.2 Å². The topological polar surface area (TPSA) is 38.4 Å². The highest BCUT2D eigenvalue weighted by Gasteiger charge is 1.89. The molecule has 0 rings (SSSR count). The maximum atomic E-state index is 5.53. The number of nitrogens with two attached hydrogens (primary N) is 1. The lowest BCUT2D eigenvalue weighted by atomic mass is 10.3. The number of aliphatic imine (C=N–C) groups is 1. The molecule has 0 aromatic rings. The first kappa shape index (κ1) is 8.69. The molecular formula is C8H12N2. The molecule has 0 heterocycles. The second-order valence-corrected chi connectivity index (χ2v) is 1.75. The highest BCUT2D eigenvalue weighted by molar-refractivity contribution is 5.97. The largest absolute Gasteiger partial charge is 0.397 e. The normalized spacial score (nSPS) is 12.9. The summed E-state index contributed by atoms with van der Waals surface area (Å²) in [6, 6.07) is 0. The Morgan fingerprint density at radius 1 is 1.50 bits per heavy atom. The van der Waals surface area contributed by atoms with Gasteiger partial charge in [0.15, 0.2) is 0 Å². The zero-order valence-corrected chi connectivity index (χ0v) is 6.17. The van der Waals surface area contributed by atoms with Gasteiger partial charge in [0.25, 0.3) is 0 Å². The molecule has 0 amide bonds. The molecule has 0 aliphatic rings. The summed E-state index contributed by atoms with van der Waals surface area (Å²) >= 11 is 0. The molecule has 0 spiro atoms. The molecule has 0 aromatic heterocycles. The first-order valence-corrected chi connectivity index (χ1v) is 2.96. The Bertz CT molecular complexity index is 165. The van der Waals surface area contributed by atoms with Crippen molar-refractivity contribution in [2.24, 2.45) is 10.7 Å². The van der Waals surface area contributed by atoms with Crippen LogP contribution in [0.5, 0.6) is 0 Å². The molecule has 54 valence electrons. The Morgan fingerprint density at radius 2 is 2.10 bits per heavy atom. The minimum absolute atomic E-state index is 0.620. The van der Waals surface area contributed by atoms with Gasteiger partial charge in [-0.1, -0.05) is 19.2 Å². The van der Waals surface area contributed by atoms with Crippen LogP contribution in [0.3, 0.4) is 0 Å². The van der Waals surface area contributed by atoms with Crippen LogP contribution in [0.25, 0.3) is 0 Å². The highest BCUT2D eigenvalue weighted by atomic mass is 14.7. The van der Waals surface area contributed by atoms with Gasteiger partial charge >= 0.3 is 0 Å². The average Bonchev–Trinajstić information content (AvgIpc) is 1.89. The van der Waals surface area contributed by atoms with E-state index in [4.69, 9.17) is 5.73 Å². The Labute approximate surface area is 61.5 Å². The van der Waals surface area contributed by atoms with Gasteiger partial charge in [-0.05, 0) is 13.0 Å². The van der Waals surface area contributed by atoms with Crippen LogP contribution >= 0.6 is 0 Å². The van der Waals surface area contributed by atoms with Gasteiger partial charge in [0.2, 0.25) is 0 Å². The van der Waals surface area contributed by atoms with Gasteiger partial charge in [-0.2, -0.15) is 0 Å². The number of allylic oxidation sites excluding steroid dienone is 3. The molecule has 0 aliphatic carbocycles. The van der Waals surface area contributed by atoms with E-state index in [9.17, 15) is 0 Å². The summed E-state index contributed by atoms with van der Waals surface area (Å²) in [6.07, 6.45) is 4.78. The second kappa shape index (κ2) is 4.56. The standard InChI is InChI=1S/C8H12N2/c1-4-6-8(9)7(3)10-5-2/h4-6H,1-2,9H2,3H3/b8-6+,10-7-. The number of nitrogens with zero attached hydrogens (tertiary/aromatic N) is 1. The van der Waals surface area contributed by atoms with Crippen LogP contribution in [0.1, 0.15) is 6.92 Å². The van der Waals surface area contributed by atoms with Gasteiger partial charge in [0, 0.05) is 6.20 Å². The van der Waals surface area contributed by atoms with Crippen molar-refractivity contribution in [3.63, 3.8) is 0 Å². The van der Waals surface area contributed by atoms with Crippen LogP contribution in [-0.4, -0.2) is 5.71 Å². The van der Waals surface area contributed by atoms with Gasteiger partial charge in [-0.15, -0.1) is 0 Å². The maximum Gasteiger partial charge on any atom is 0.0601 e. The summed E-state index contributed by atoms with van der Waals surface area (Å²) in [4.78, 5) is 3.88. The molecule has 2 nitrogen and oxygen atoms in total. The predicted molar refractivity (Wildman–Crippen MR) is 45.8 cm³/mol. The molecule has 0 radical (unpaired) electrons. The smallest absolute Gasteiger partial charge is 0.0601 e. The van der Waals surface area contributed by atoms with Gasteiger partial charge in [0.1, 0.15) is 0 Å². The predicted octanol–water partition coefficient (Wildman–Crippen LogP) is 1.62. The summed E-state index contributed by atoms with van der Waals surface area (Å²) in [6.45, 7) is 8.77. The average molecular weight is 136 g/mol. The van der Waals surface area contributed by atoms with Crippen molar-refractivity contribution in [1.82, 2.24) is 0 Å². The highest BCUT2D eigenvalue weighted by Crippen LogP contribution is 1.89. The van der Waals surface area contributed by atoms with Gasteiger partial charge < -0.3 is 5.73 Å². The van der Waals surface area contributed by atoms with Crippen LogP contribution in [0.2, 0.25) is 0 Å². The maximum absolute atomic E-state index is 5.53. The molecule has 0 aromatic carbocycles. The fraction of sp³-hybridized carbons (Fsp3) is 0.125. The lowest BCUT2D eigenvalue weighted by Gasteiger charge is -1.95. The third kappa shape index (κ3) is 2.87. The minimum atomic E-state index is 0.620. The zero-order chi connectivity index (χ0) is 7.98. The van der Waals surface area contributed by atoms with Crippen LogP contribution < -0.4 is 5.73 Å². The van der Waals surface area contributed by atoms with Gasteiger partial charge in [-0.25, -0.2) is 0 Å². The third-order valence-corrected chi connectivity index (χ3v) is 1.00. The first-order valence-electron chi connectivity index (χ1n) is 2.96. The molecule has 10 heavy (non-hydrogen) atoms. The van der Waals surface area contributed by atoms with E-state index in [2.05, 4.69) is 18.2 Å². The third-order valence-electron chi connectivity index (χ3n) is 1.00. The quantitative estimate of drug-likeness (QED) is 0.464. The Hall–Kier alpha value is -1.31. The van der Waals surface area contributed by atoms with E-state index in [-0.39, 0.29) is 0 Å². The monoisotopic (exact) mass is 136 g/mol. The number of hydrogen-bond acceptors (Lipinski definition) is 2. The van der Waals surface area contributed by atoms with Crippen molar-refractivity contribution in [1.29, 1.82) is 0 Å². The second-order valence-electron chi connectivity index (χ2n) is 1.75. The zero-order valence-electron chi connectivity index (χ0n) is 6.17. The van der Waals surface area contributed by atoms with Gasteiger partial charge in [0.05, 0.1) is 11.4 Å². The minimum Gasteiger partial charge on any atom is -0.397 e. The molecule has 2 heteroatoms. The SMILES string of the molecule is C=C/C=C(N)\C(C)=N/C=C. The molecular weight excluding hydrogens is 124 g/mol. The summed E-state index contributed by atoms with van der Waals surface area (Å²) < 4.78 is 0. The molecule has 0 aliphatic heterocycles. The lowest BCUT2D eigenvalue weighted by molar-refractivity contribution is 1.41. The van der Waals surface area contributed by atoms with Gasteiger partial charge in [-0.3, -0.25) is 4.99 Å². The summed E-state index contributed by atoms with van der Waals surface area (Å²) in [5, 5.41) is 0. The van der Waals surface area contributed by atoms with Crippen molar-refractivity contribution in [2.75, 3.05) is 0 Å². The Balaban J connectivity index is 4.33. The number of hydrogen-bond donors (Lipinski definition) is 1. The molecule has 0 saturated carbocycles. The molecule has 0 bridgehead atoms. The fourth-order valence-electron chi connectivity index (χ4n) is 0.459. The van der Waals surface area contributed by atoms with E-state index in [0.717, 1.165) is 5.71 Å². The molecule has 0 saturated heterocycles. The van der Waals surface area contributed by atoms with E-state index < -0.39 is 0 Å². The summed E-state index contributed by atoms with van der Waals surface area (Å²) in [7, 11) is 0.